The van der Waals surface area contributed by atoms with Crippen molar-refractivity contribution in [1.29, 1.82) is 0 Å². The summed E-state index contributed by atoms with van der Waals surface area (Å²) in [4.78, 5) is 44.8. The maximum Gasteiger partial charge on any atom is 0.359 e. The molecule has 0 radical (unpaired) electrons. The molecule has 0 saturated heterocycles. The molecule has 0 bridgehead atoms. The van der Waals surface area contributed by atoms with Crippen LogP contribution in [0.4, 0.5) is 0 Å². The summed E-state index contributed by atoms with van der Waals surface area (Å²) < 4.78 is 12.0. The highest BCUT2D eigenvalue weighted by atomic mass is 16.5. The average Bonchev–Trinajstić information content (AvgIpc) is 3.37. The minimum atomic E-state index is -1.17. The maximum absolute atomic E-state index is 13.6. The van der Waals surface area contributed by atoms with Crippen LogP contribution in [-0.4, -0.2) is 50.9 Å². The van der Waals surface area contributed by atoms with E-state index in [1.54, 1.807) is 17.6 Å². The van der Waals surface area contributed by atoms with E-state index in [1.807, 2.05) is 13.0 Å². The number of amides is 2. The first-order valence-electron chi connectivity index (χ1n) is 10.6. The lowest BCUT2D eigenvalue weighted by atomic mass is 9.91. The molecule has 0 unspecified atom stereocenters. The number of carbonyl (C=O) groups is 3. The molecule has 4 rings (SSSR count). The summed E-state index contributed by atoms with van der Waals surface area (Å²) in [6.45, 7) is 3.85. The molecule has 1 aliphatic heterocycles. The molecule has 1 atom stereocenters. The quantitative estimate of drug-likeness (QED) is 0.733. The summed E-state index contributed by atoms with van der Waals surface area (Å²) >= 11 is 0. The van der Waals surface area contributed by atoms with Crippen LogP contribution in [-0.2, 0) is 22.6 Å². The Morgan fingerprint density at radius 3 is 2.68 bits per heavy atom. The highest BCUT2D eigenvalue weighted by Gasteiger charge is 2.49. The molecular formula is C22H28N4O5. The van der Waals surface area contributed by atoms with E-state index in [0.717, 1.165) is 25.7 Å². The van der Waals surface area contributed by atoms with Crippen molar-refractivity contribution < 1.29 is 23.5 Å². The van der Waals surface area contributed by atoms with Crippen LogP contribution in [0.5, 0.6) is 0 Å². The fraction of sp³-hybridized carbons (Fsp3) is 0.545. The van der Waals surface area contributed by atoms with Gasteiger partial charge in [-0.2, -0.15) is 0 Å². The SMILES string of the molecule is COC(=O)c1ncn2c1C(=O)N(Cc1ccc(C)o1)[C@](C)(C(=O)NC1CCCCC1)C2. The molecule has 2 amide bonds. The van der Waals surface area contributed by atoms with Crippen molar-refractivity contribution >= 4 is 17.8 Å². The zero-order chi connectivity index (χ0) is 22.2. The number of nitrogens with one attached hydrogen (secondary N) is 1. The van der Waals surface area contributed by atoms with Gasteiger partial charge < -0.3 is 23.9 Å². The smallest absolute Gasteiger partial charge is 0.359 e. The predicted molar refractivity (Wildman–Crippen MR) is 110 cm³/mol. The lowest BCUT2D eigenvalue weighted by Crippen LogP contribution is -2.64. The number of hydrogen-bond acceptors (Lipinski definition) is 6. The molecule has 1 fully saturated rings. The first-order chi connectivity index (χ1) is 14.8. The van der Waals surface area contributed by atoms with Crippen molar-refractivity contribution in [2.75, 3.05) is 7.11 Å². The number of furan rings is 1. The Labute approximate surface area is 180 Å². The number of esters is 1. The fourth-order valence-corrected chi connectivity index (χ4v) is 4.50. The summed E-state index contributed by atoms with van der Waals surface area (Å²) in [6.07, 6.45) is 6.65. The molecule has 31 heavy (non-hydrogen) atoms. The van der Waals surface area contributed by atoms with Gasteiger partial charge in [-0.1, -0.05) is 19.3 Å². The molecular weight excluding hydrogens is 400 g/mol. The second-order valence-electron chi connectivity index (χ2n) is 8.55. The van der Waals surface area contributed by atoms with E-state index in [-0.39, 0.29) is 36.4 Å². The molecule has 2 aromatic heterocycles. The summed E-state index contributed by atoms with van der Waals surface area (Å²) in [6, 6.07) is 3.71. The van der Waals surface area contributed by atoms with Gasteiger partial charge in [0.25, 0.3) is 5.91 Å². The minimum Gasteiger partial charge on any atom is -0.464 e. The first kappa shape index (κ1) is 21.1. The van der Waals surface area contributed by atoms with Crippen molar-refractivity contribution in [2.24, 2.45) is 0 Å². The molecule has 9 heteroatoms. The van der Waals surface area contributed by atoms with Crippen molar-refractivity contribution in [3.8, 4) is 0 Å². The Morgan fingerprint density at radius 1 is 1.29 bits per heavy atom. The summed E-state index contributed by atoms with van der Waals surface area (Å²) in [5.41, 5.74) is -1.10. The zero-order valence-electron chi connectivity index (χ0n) is 18.1. The van der Waals surface area contributed by atoms with Crippen LogP contribution in [0.2, 0.25) is 0 Å². The Balaban J connectivity index is 1.70. The highest BCUT2D eigenvalue weighted by Crippen LogP contribution is 2.31. The Morgan fingerprint density at radius 2 is 2.03 bits per heavy atom. The van der Waals surface area contributed by atoms with Gasteiger partial charge >= 0.3 is 5.97 Å². The molecule has 3 heterocycles. The number of ether oxygens (including phenoxy) is 1. The minimum absolute atomic E-state index is 0.0529. The van der Waals surface area contributed by atoms with E-state index in [4.69, 9.17) is 9.15 Å². The second kappa shape index (κ2) is 8.20. The fourth-order valence-electron chi connectivity index (χ4n) is 4.50. The Kier molecular flexibility index (Phi) is 5.60. The van der Waals surface area contributed by atoms with Crippen molar-refractivity contribution in [1.82, 2.24) is 19.8 Å². The van der Waals surface area contributed by atoms with Crippen molar-refractivity contribution in [2.45, 2.75) is 70.6 Å². The first-order valence-corrected chi connectivity index (χ1v) is 10.6. The molecule has 0 spiro atoms. The standard InChI is InChI=1S/C22H28N4O5/c1-14-9-10-16(31-14)11-26-19(27)18-17(20(28)30-3)23-13-25(18)12-22(26,2)21(29)24-15-7-5-4-6-8-15/h9-10,13,15H,4-8,11-12H2,1-3H3,(H,24,29)/t22-/m0/s1. The number of nitrogens with zero attached hydrogens (tertiary/aromatic N) is 3. The van der Waals surface area contributed by atoms with Crippen molar-refractivity contribution in [3.05, 3.63) is 41.4 Å². The number of carbonyl (C=O) groups excluding carboxylic acids is 3. The Hall–Kier alpha value is -3.10. The normalized spacial score (nSPS) is 21.6. The molecule has 166 valence electrons. The van der Waals surface area contributed by atoms with E-state index >= 15 is 0 Å². The lowest BCUT2D eigenvalue weighted by molar-refractivity contribution is -0.134. The third kappa shape index (κ3) is 3.84. The van der Waals surface area contributed by atoms with Gasteiger partial charge in [-0.15, -0.1) is 0 Å². The number of methoxy groups -OCH3 is 1. The molecule has 1 aliphatic carbocycles. The van der Waals surface area contributed by atoms with Gasteiger partial charge in [0.2, 0.25) is 5.91 Å². The number of aromatic nitrogens is 2. The molecule has 2 aliphatic rings. The van der Waals surface area contributed by atoms with Gasteiger partial charge in [0.05, 0.1) is 26.5 Å². The van der Waals surface area contributed by atoms with E-state index in [9.17, 15) is 14.4 Å². The third-order valence-corrected chi connectivity index (χ3v) is 6.28. The van der Waals surface area contributed by atoms with Crippen LogP contribution in [0.25, 0.3) is 0 Å². The second-order valence-corrected chi connectivity index (χ2v) is 8.55. The van der Waals surface area contributed by atoms with Crippen LogP contribution < -0.4 is 5.32 Å². The summed E-state index contributed by atoms with van der Waals surface area (Å²) in [5, 5.41) is 3.15. The van der Waals surface area contributed by atoms with Gasteiger partial charge in [0.15, 0.2) is 5.69 Å². The van der Waals surface area contributed by atoms with Gasteiger partial charge in [-0.05, 0) is 38.8 Å². The van der Waals surface area contributed by atoms with Crippen LogP contribution in [0.1, 0.15) is 71.5 Å². The van der Waals surface area contributed by atoms with E-state index < -0.39 is 17.4 Å². The van der Waals surface area contributed by atoms with Gasteiger partial charge in [-0.25, -0.2) is 9.78 Å². The van der Waals surface area contributed by atoms with Gasteiger partial charge in [-0.3, -0.25) is 9.59 Å². The predicted octanol–water partition coefficient (Wildman–Crippen LogP) is 2.43. The molecule has 9 nitrogen and oxygen atoms in total. The van der Waals surface area contributed by atoms with E-state index in [1.165, 1.54) is 24.8 Å². The number of fused-ring (bicyclic) bond motifs is 1. The average molecular weight is 428 g/mol. The lowest BCUT2D eigenvalue weighted by Gasteiger charge is -2.44. The summed E-state index contributed by atoms with van der Waals surface area (Å²) in [5.74, 6) is -0.0797. The van der Waals surface area contributed by atoms with Gasteiger partial charge in [0, 0.05) is 6.04 Å². The highest BCUT2D eigenvalue weighted by molar-refractivity contribution is 6.06. The van der Waals surface area contributed by atoms with Crippen LogP contribution in [0.3, 0.4) is 0 Å². The Bertz CT molecular complexity index is 1000. The number of aryl methyl sites for hydroxylation is 1. The van der Waals surface area contributed by atoms with Crippen LogP contribution in [0.15, 0.2) is 22.9 Å². The largest absolute Gasteiger partial charge is 0.464 e. The number of imidazole rings is 1. The van der Waals surface area contributed by atoms with Crippen LogP contribution in [0, 0.1) is 6.92 Å². The number of rotatable bonds is 5. The molecule has 0 aromatic carbocycles. The van der Waals surface area contributed by atoms with E-state index in [2.05, 4.69) is 10.3 Å². The van der Waals surface area contributed by atoms with Crippen LogP contribution >= 0.6 is 0 Å². The third-order valence-electron chi connectivity index (χ3n) is 6.28. The zero-order valence-corrected chi connectivity index (χ0v) is 18.1. The maximum atomic E-state index is 13.6. The van der Waals surface area contributed by atoms with Gasteiger partial charge in [0.1, 0.15) is 22.8 Å². The molecule has 1 saturated carbocycles. The number of hydrogen-bond donors (Lipinski definition) is 1. The monoisotopic (exact) mass is 428 g/mol. The van der Waals surface area contributed by atoms with E-state index in [0.29, 0.717) is 11.5 Å². The topological polar surface area (TPSA) is 107 Å². The molecule has 2 aromatic rings. The van der Waals surface area contributed by atoms with Crippen molar-refractivity contribution in [3.63, 3.8) is 0 Å². The summed E-state index contributed by atoms with van der Waals surface area (Å²) in [7, 11) is 1.24. The molecule has 1 N–H and O–H groups in total.